The van der Waals surface area contributed by atoms with Gasteiger partial charge in [0.1, 0.15) is 17.3 Å². The van der Waals surface area contributed by atoms with Crippen LogP contribution in [0.3, 0.4) is 0 Å². The normalized spacial score (nSPS) is 30.1. The number of ketones is 3. The molecule has 1 aromatic carbocycles. The molecule has 0 amide bonds. The van der Waals surface area contributed by atoms with E-state index >= 15 is 0 Å². The lowest BCUT2D eigenvalue weighted by molar-refractivity contribution is -0.151. The van der Waals surface area contributed by atoms with Crippen LogP contribution in [-0.4, -0.2) is 42.2 Å². The van der Waals surface area contributed by atoms with Crippen molar-refractivity contribution in [3.05, 3.63) is 29.8 Å². The molecule has 1 saturated carbocycles. The van der Waals surface area contributed by atoms with E-state index in [-0.39, 0.29) is 23.8 Å². The fourth-order valence-electron chi connectivity index (χ4n) is 3.90. The van der Waals surface area contributed by atoms with E-state index in [9.17, 15) is 19.5 Å². The van der Waals surface area contributed by atoms with E-state index in [0.29, 0.717) is 0 Å². The topological polar surface area (TPSA) is 74.7 Å². The number of anilines is 1. The largest absolute Gasteiger partial charge is 0.389 e. The van der Waals surface area contributed by atoms with Crippen LogP contribution in [0.1, 0.15) is 38.7 Å². The minimum Gasteiger partial charge on any atom is -0.389 e. The van der Waals surface area contributed by atoms with Gasteiger partial charge in [0, 0.05) is 32.1 Å². The van der Waals surface area contributed by atoms with Gasteiger partial charge < -0.3 is 10.0 Å². The highest BCUT2D eigenvalue weighted by molar-refractivity contribution is 6.05. The van der Waals surface area contributed by atoms with Crippen LogP contribution in [0.15, 0.2) is 24.3 Å². The van der Waals surface area contributed by atoms with Crippen LogP contribution < -0.4 is 4.90 Å². The molecule has 24 heavy (non-hydrogen) atoms. The highest BCUT2D eigenvalue weighted by Gasteiger charge is 2.53. The van der Waals surface area contributed by atoms with Crippen molar-refractivity contribution in [2.75, 3.05) is 19.0 Å². The van der Waals surface area contributed by atoms with E-state index < -0.39 is 23.4 Å². The predicted octanol–water partition coefficient (Wildman–Crippen LogP) is 1.97. The average molecular weight is 331 g/mol. The fraction of sp³-hybridized carbons (Fsp3) is 0.526. The molecule has 1 aliphatic rings. The first-order valence-corrected chi connectivity index (χ1v) is 8.09. The molecular weight excluding hydrogens is 306 g/mol. The minimum absolute atomic E-state index is 0.173. The minimum atomic E-state index is -1.44. The van der Waals surface area contributed by atoms with Crippen LogP contribution in [0.2, 0.25) is 0 Å². The number of carbonyl (C=O) groups excluding carboxylic acids is 3. The van der Waals surface area contributed by atoms with Crippen LogP contribution in [0.25, 0.3) is 0 Å². The standard InChI is InChI=1S/C19H25NO4/c1-11(21)16-15(23)10-19(3,24)18(12(2)22)17(16)13-6-8-14(9-7-13)20(4)5/h6-9,16-18,24H,10H2,1-5H3/t16-,17-,18+,19+/m1/s1. The van der Waals surface area contributed by atoms with Crippen molar-refractivity contribution >= 4 is 23.0 Å². The number of Topliss-reactive ketones (excluding diaryl/α,β-unsaturated/α-hetero) is 3. The van der Waals surface area contributed by atoms with Crippen LogP contribution in [0.5, 0.6) is 0 Å². The first-order chi connectivity index (χ1) is 11.1. The molecule has 0 heterocycles. The van der Waals surface area contributed by atoms with E-state index in [0.717, 1.165) is 11.3 Å². The molecule has 1 aromatic rings. The van der Waals surface area contributed by atoms with Crippen molar-refractivity contribution in [3.8, 4) is 0 Å². The monoisotopic (exact) mass is 331 g/mol. The third-order valence-electron chi connectivity index (χ3n) is 4.94. The first-order valence-electron chi connectivity index (χ1n) is 8.09. The number of benzene rings is 1. The summed E-state index contributed by atoms with van der Waals surface area (Å²) >= 11 is 0. The third-order valence-corrected chi connectivity index (χ3v) is 4.94. The summed E-state index contributed by atoms with van der Waals surface area (Å²) < 4.78 is 0. The van der Waals surface area contributed by atoms with Gasteiger partial charge in [-0.2, -0.15) is 0 Å². The molecule has 0 aromatic heterocycles. The van der Waals surface area contributed by atoms with Crippen molar-refractivity contribution in [2.45, 2.75) is 38.7 Å². The number of hydrogen-bond acceptors (Lipinski definition) is 5. The second-order valence-electron chi connectivity index (χ2n) is 7.19. The lowest BCUT2D eigenvalue weighted by Crippen LogP contribution is -2.53. The number of hydrogen-bond donors (Lipinski definition) is 1. The van der Waals surface area contributed by atoms with Crippen LogP contribution in [0, 0.1) is 11.8 Å². The summed E-state index contributed by atoms with van der Waals surface area (Å²) in [5, 5.41) is 10.7. The summed E-state index contributed by atoms with van der Waals surface area (Å²) in [7, 11) is 3.83. The van der Waals surface area contributed by atoms with Crippen molar-refractivity contribution in [3.63, 3.8) is 0 Å². The van der Waals surface area contributed by atoms with Crippen LogP contribution in [-0.2, 0) is 14.4 Å². The zero-order chi connectivity index (χ0) is 18.2. The van der Waals surface area contributed by atoms with Crippen molar-refractivity contribution in [1.29, 1.82) is 0 Å². The molecule has 1 aliphatic carbocycles. The Morgan fingerprint density at radius 3 is 2.08 bits per heavy atom. The van der Waals surface area contributed by atoms with Gasteiger partial charge in [0.25, 0.3) is 0 Å². The van der Waals surface area contributed by atoms with E-state index in [1.165, 1.54) is 20.8 Å². The Bertz CT molecular complexity index is 660. The molecular formula is C19H25NO4. The molecule has 0 aliphatic heterocycles. The van der Waals surface area contributed by atoms with Crippen molar-refractivity contribution in [2.24, 2.45) is 11.8 Å². The van der Waals surface area contributed by atoms with Gasteiger partial charge in [0.05, 0.1) is 17.4 Å². The molecule has 1 N–H and O–H groups in total. The number of nitrogens with zero attached hydrogens (tertiary/aromatic N) is 1. The maximum absolute atomic E-state index is 12.5. The molecule has 0 unspecified atom stereocenters. The van der Waals surface area contributed by atoms with E-state index in [1.54, 1.807) is 0 Å². The van der Waals surface area contributed by atoms with Gasteiger partial charge in [-0.3, -0.25) is 14.4 Å². The molecule has 1 fully saturated rings. The van der Waals surface area contributed by atoms with Gasteiger partial charge in [-0.05, 0) is 38.5 Å². The summed E-state index contributed by atoms with van der Waals surface area (Å²) in [6.45, 7) is 4.29. The summed E-state index contributed by atoms with van der Waals surface area (Å²) in [5.74, 6) is -3.07. The third kappa shape index (κ3) is 3.26. The van der Waals surface area contributed by atoms with Crippen molar-refractivity contribution in [1.82, 2.24) is 0 Å². The first kappa shape index (κ1) is 18.3. The Labute approximate surface area is 142 Å². The Morgan fingerprint density at radius 1 is 1.12 bits per heavy atom. The van der Waals surface area contributed by atoms with E-state index in [4.69, 9.17) is 0 Å². The van der Waals surface area contributed by atoms with Gasteiger partial charge in [-0.1, -0.05) is 12.1 Å². The van der Waals surface area contributed by atoms with Gasteiger partial charge in [-0.25, -0.2) is 0 Å². The zero-order valence-electron chi connectivity index (χ0n) is 14.9. The highest BCUT2D eigenvalue weighted by atomic mass is 16.3. The Balaban J connectivity index is 2.58. The predicted molar refractivity (Wildman–Crippen MR) is 92.1 cm³/mol. The van der Waals surface area contributed by atoms with E-state index in [1.807, 2.05) is 43.3 Å². The Kier molecular flexibility index (Phi) is 4.95. The number of carbonyl (C=O) groups is 3. The molecule has 130 valence electrons. The van der Waals surface area contributed by atoms with Gasteiger partial charge in [0.15, 0.2) is 0 Å². The maximum Gasteiger partial charge on any atom is 0.146 e. The lowest BCUT2D eigenvalue weighted by Gasteiger charge is -2.44. The molecule has 5 nitrogen and oxygen atoms in total. The second kappa shape index (κ2) is 6.48. The van der Waals surface area contributed by atoms with Crippen LogP contribution >= 0.6 is 0 Å². The Morgan fingerprint density at radius 2 is 1.67 bits per heavy atom. The summed E-state index contributed by atoms with van der Waals surface area (Å²) in [4.78, 5) is 38.8. The number of rotatable bonds is 4. The molecule has 0 bridgehead atoms. The van der Waals surface area contributed by atoms with Gasteiger partial charge in [-0.15, -0.1) is 0 Å². The smallest absolute Gasteiger partial charge is 0.146 e. The second-order valence-corrected chi connectivity index (χ2v) is 7.19. The van der Waals surface area contributed by atoms with E-state index in [2.05, 4.69) is 0 Å². The van der Waals surface area contributed by atoms with Crippen LogP contribution in [0.4, 0.5) is 5.69 Å². The quantitative estimate of drug-likeness (QED) is 0.854. The molecule has 0 radical (unpaired) electrons. The maximum atomic E-state index is 12.5. The average Bonchev–Trinajstić information content (AvgIpc) is 2.44. The molecule has 0 saturated heterocycles. The molecule has 0 spiro atoms. The highest BCUT2D eigenvalue weighted by Crippen LogP contribution is 2.46. The van der Waals surface area contributed by atoms with Gasteiger partial charge >= 0.3 is 0 Å². The zero-order valence-corrected chi connectivity index (χ0v) is 14.9. The molecule has 4 atom stereocenters. The molecule has 5 heteroatoms. The van der Waals surface area contributed by atoms with Crippen molar-refractivity contribution < 1.29 is 19.5 Å². The fourth-order valence-corrected chi connectivity index (χ4v) is 3.90. The van der Waals surface area contributed by atoms with Gasteiger partial charge in [0.2, 0.25) is 0 Å². The Hall–Kier alpha value is -2.01. The number of aliphatic hydroxyl groups is 1. The summed E-state index contributed by atoms with van der Waals surface area (Å²) in [6, 6.07) is 7.44. The molecule has 2 rings (SSSR count). The summed E-state index contributed by atoms with van der Waals surface area (Å²) in [5.41, 5.74) is 0.264. The summed E-state index contributed by atoms with van der Waals surface area (Å²) in [6.07, 6.45) is -0.173. The lowest BCUT2D eigenvalue weighted by atomic mass is 9.60. The SMILES string of the molecule is CC(=O)[C@@H]1C(=O)C[C@](C)(O)[C@@H](C(C)=O)[C@@H]1c1ccc(N(C)C)cc1.